The molecule has 1 aliphatic heterocycles. The SMILES string of the molecule is NC1=NC2CCCCCCCCC(=C1)C2. The molecule has 0 aromatic rings. The Morgan fingerprint density at radius 2 is 1.80 bits per heavy atom. The van der Waals surface area contributed by atoms with Crippen molar-refractivity contribution >= 4 is 5.84 Å². The summed E-state index contributed by atoms with van der Waals surface area (Å²) in [6.07, 6.45) is 14.0. The first-order chi connectivity index (χ1) is 7.34. The van der Waals surface area contributed by atoms with Crippen LogP contribution in [-0.2, 0) is 0 Å². The summed E-state index contributed by atoms with van der Waals surface area (Å²) in [4.78, 5) is 4.52. The molecule has 0 saturated heterocycles. The highest BCUT2D eigenvalue weighted by Crippen LogP contribution is 2.25. The maximum absolute atomic E-state index is 5.85. The van der Waals surface area contributed by atoms with Gasteiger partial charge in [0, 0.05) is 0 Å². The first-order valence-electron chi connectivity index (χ1n) is 6.37. The first-order valence-corrected chi connectivity index (χ1v) is 6.37. The van der Waals surface area contributed by atoms with E-state index in [2.05, 4.69) is 11.1 Å². The highest BCUT2D eigenvalue weighted by Gasteiger charge is 2.15. The van der Waals surface area contributed by atoms with Crippen molar-refractivity contribution in [2.75, 3.05) is 0 Å². The van der Waals surface area contributed by atoms with Crippen molar-refractivity contribution in [1.82, 2.24) is 0 Å². The van der Waals surface area contributed by atoms with Crippen LogP contribution in [0.15, 0.2) is 16.6 Å². The third-order valence-corrected chi connectivity index (χ3v) is 3.47. The van der Waals surface area contributed by atoms with E-state index in [-0.39, 0.29) is 0 Å². The molecule has 0 spiro atoms. The van der Waals surface area contributed by atoms with Crippen molar-refractivity contribution in [3.8, 4) is 0 Å². The number of hydrogen-bond donors (Lipinski definition) is 1. The van der Waals surface area contributed by atoms with Crippen molar-refractivity contribution in [3.63, 3.8) is 0 Å². The number of rotatable bonds is 0. The molecule has 1 aliphatic carbocycles. The van der Waals surface area contributed by atoms with Crippen LogP contribution >= 0.6 is 0 Å². The van der Waals surface area contributed by atoms with Gasteiger partial charge >= 0.3 is 0 Å². The van der Waals surface area contributed by atoms with Crippen LogP contribution in [0, 0.1) is 0 Å². The van der Waals surface area contributed by atoms with E-state index in [1.807, 2.05) is 0 Å². The van der Waals surface area contributed by atoms with E-state index in [1.165, 1.54) is 63.4 Å². The van der Waals surface area contributed by atoms with Gasteiger partial charge in [-0.25, -0.2) is 0 Å². The largest absolute Gasteiger partial charge is 0.384 e. The number of fused-ring (bicyclic) bond motifs is 2. The summed E-state index contributed by atoms with van der Waals surface area (Å²) in [6, 6.07) is 0.489. The zero-order chi connectivity index (χ0) is 10.5. The van der Waals surface area contributed by atoms with Crippen LogP contribution in [0.4, 0.5) is 0 Å². The second-order valence-electron chi connectivity index (χ2n) is 4.87. The third kappa shape index (κ3) is 3.37. The Morgan fingerprint density at radius 1 is 1.07 bits per heavy atom. The van der Waals surface area contributed by atoms with Gasteiger partial charge in [0.1, 0.15) is 5.84 Å². The van der Waals surface area contributed by atoms with E-state index in [1.54, 1.807) is 0 Å². The lowest BCUT2D eigenvalue weighted by Gasteiger charge is -2.19. The molecule has 0 aromatic heterocycles. The smallest absolute Gasteiger partial charge is 0.118 e. The summed E-state index contributed by atoms with van der Waals surface area (Å²) in [5.41, 5.74) is 7.38. The quantitative estimate of drug-likeness (QED) is 0.649. The van der Waals surface area contributed by atoms with Crippen LogP contribution in [0.2, 0.25) is 0 Å². The average molecular weight is 206 g/mol. The molecule has 2 rings (SSSR count). The predicted octanol–water partition coefficient (Wildman–Crippen LogP) is 3.18. The van der Waals surface area contributed by atoms with Crippen LogP contribution in [0.1, 0.15) is 57.8 Å². The molecule has 1 unspecified atom stereocenters. The van der Waals surface area contributed by atoms with Gasteiger partial charge in [0.05, 0.1) is 6.04 Å². The minimum Gasteiger partial charge on any atom is -0.384 e. The fourth-order valence-corrected chi connectivity index (χ4v) is 2.64. The lowest BCUT2D eigenvalue weighted by molar-refractivity contribution is 0.542. The second-order valence-corrected chi connectivity index (χ2v) is 4.87. The van der Waals surface area contributed by atoms with Gasteiger partial charge in [-0.15, -0.1) is 0 Å². The normalized spacial score (nSPS) is 28.7. The fraction of sp³-hybridized carbons (Fsp3) is 0.769. The topological polar surface area (TPSA) is 38.4 Å². The molecule has 15 heavy (non-hydrogen) atoms. The molecule has 2 nitrogen and oxygen atoms in total. The van der Waals surface area contributed by atoms with E-state index >= 15 is 0 Å². The minimum absolute atomic E-state index is 0.489. The van der Waals surface area contributed by atoms with Gasteiger partial charge in [0.25, 0.3) is 0 Å². The molecule has 1 heterocycles. The molecule has 1 fully saturated rings. The first kappa shape index (κ1) is 10.7. The molecule has 0 amide bonds. The molecule has 0 aromatic carbocycles. The molecule has 2 heteroatoms. The summed E-state index contributed by atoms with van der Waals surface area (Å²) >= 11 is 0. The van der Waals surface area contributed by atoms with Crippen LogP contribution in [0.3, 0.4) is 0 Å². The van der Waals surface area contributed by atoms with E-state index in [9.17, 15) is 0 Å². The number of aliphatic imine (C=N–C) groups is 1. The van der Waals surface area contributed by atoms with E-state index in [0.29, 0.717) is 6.04 Å². The zero-order valence-corrected chi connectivity index (χ0v) is 9.54. The Bertz CT molecular complexity index is 266. The molecule has 1 saturated carbocycles. The predicted molar refractivity (Wildman–Crippen MR) is 65.0 cm³/mol. The van der Waals surface area contributed by atoms with Gasteiger partial charge in [0.2, 0.25) is 0 Å². The van der Waals surface area contributed by atoms with Crippen LogP contribution in [0.25, 0.3) is 0 Å². The highest BCUT2D eigenvalue weighted by molar-refractivity contribution is 5.92. The highest BCUT2D eigenvalue weighted by atomic mass is 14.9. The van der Waals surface area contributed by atoms with E-state index < -0.39 is 0 Å². The van der Waals surface area contributed by atoms with Crippen LogP contribution < -0.4 is 5.73 Å². The number of nitrogens with zero attached hydrogens (tertiary/aromatic N) is 1. The van der Waals surface area contributed by atoms with Crippen LogP contribution in [0.5, 0.6) is 0 Å². The molecular weight excluding hydrogens is 184 g/mol. The maximum atomic E-state index is 5.85. The Labute approximate surface area is 92.7 Å². The lowest BCUT2D eigenvalue weighted by Crippen LogP contribution is -2.20. The van der Waals surface area contributed by atoms with Crippen molar-refractivity contribution in [2.45, 2.75) is 63.8 Å². The van der Waals surface area contributed by atoms with Crippen molar-refractivity contribution in [1.29, 1.82) is 0 Å². The number of dihydropyridines is 1. The molecule has 2 N–H and O–H groups in total. The summed E-state index contributed by atoms with van der Waals surface area (Å²) in [5.74, 6) is 0.764. The van der Waals surface area contributed by atoms with Crippen molar-refractivity contribution in [3.05, 3.63) is 11.6 Å². The average Bonchev–Trinajstić information content (AvgIpc) is 2.23. The third-order valence-electron chi connectivity index (χ3n) is 3.47. The fourth-order valence-electron chi connectivity index (χ4n) is 2.64. The van der Waals surface area contributed by atoms with Gasteiger partial charge in [-0.3, -0.25) is 4.99 Å². The van der Waals surface area contributed by atoms with Gasteiger partial charge < -0.3 is 5.73 Å². The Morgan fingerprint density at radius 3 is 2.67 bits per heavy atom. The second kappa shape index (κ2) is 5.34. The van der Waals surface area contributed by atoms with Crippen LogP contribution in [-0.4, -0.2) is 11.9 Å². The molecule has 84 valence electrons. The van der Waals surface area contributed by atoms with Crippen molar-refractivity contribution < 1.29 is 0 Å². The van der Waals surface area contributed by atoms with Gasteiger partial charge in [-0.05, 0) is 31.8 Å². The lowest BCUT2D eigenvalue weighted by atomic mass is 9.96. The summed E-state index contributed by atoms with van der Waals surface area (Å²) in [6.45, 7) is 0. The van der Waals surface area contributed by atoms with Gasteiger partial charge in [0.15, 0.2) is 0 Å². The van der Waals surface area contributed by atoms with E-state index in [0.717, 1.165) is 5.84 Å². The van der Waals surface area contributed by atoms with Gasteiger partial charge in [-0.1, -0.05) is 37.7 Å². The van der Waals surface area contributed by atoms with E-state index in [4.69, 9.17) is 5.73 Å². The molecule has 2 bridgehead atoms. The molecule has 0 radical (unpaired) electrons. The number of nitrogens with two attached hydrogens (primary N) is 1. The molecule has 2 aliphatic rings. The van der Waals surface area contributed by atoms with Crippen molar-refractivity contribution in [2.24, 2.45) is 10.7 Å². The minimum atomic E-state index is 0.489. The Hall–Kier alpha value is -0.790. The Kier molecular flexibility index (Phi) is 3.81. The van der Waals surface area contributed by atoms with Gasteiger partial charge in [-0.2, -0.15) is 0 Å². The monoisotopic (exact) mass is 206 g/mol. The summed E-state index contributed by atoms with van der Waals surface area (Å²) in [5, 5.41) is 0. The molecule has 1 atom stereocenters. The molecular formula is C13H22N2. The summed E-state index contributed by atoms with van der Waals surface area (Å²) < 4.78 is 0. The number of hydrogen-bond acceptors (Lipinski definition) is 2. The summed E-state index contributed by atoms with van der Waals surface area (Å²) in [7, 11) is 0. The standard InChI is InChI=1S/C13H22N2/c14-13-10-11-7-5-3-1-2-4-6-8-12(9-11)15-13/h10,12H,1-9H2,(H2,14,15). The zero-order valence-electron chi connectivity index (χ0n) is 9.54. The number of amidine groups is 1. The maximum Gasteiger partial charge on any atom is 0.118 e. The Balaban J connectivity index is 2.00.